The van der Waals surface area contributed by atoms with Crippen molar-refractivity contribution in [2.75, 3.05) is 0 Å². The van der Waals surface area contributed by atoms with Crippen molar-refractivity contribution in [3.63, 3.8) is 0 Å². The van der Waals surface area contributed by atoms with Crippen LogP contribution in [0.5, 0.6) is 0 Å². The van der Waals surface area contributed by atoms with E-state index in [-0.39, 0.29) is 44.2 Å². The van der Waals surface area contributed by atoms with Gasteiger partial charge >= 0.3 is 35.5 Å². The molecule has 6 heteroatoms. The minimum absolute atomic E-state index is 0. The second-order valence-electron chi connectivity index (χ2n) is 6.75. The monoisotopic (exact) mass is 484 g/mol. The maximum atomic E-state index is 11.0. The van der Waals surface area contributed by atoms with Gasteiger partial charge in [-0.25, -0.2) is 4.79 Å². The summed E-state index contributed by atoms with van der Waals surface area (Å²) in [6.07, 6.45) is 2.21. The van der Waals surface area contributed by atoms with E-state index in [0.29, 0.717) is 0 Å². The van der Waals surface area contributed by atoms with Gasteiger partial charge in [0.1, 0.15) is 6.61 Å². The van der Waals surface area contributed by atoms with Gasteiger partial charge in [0.05, 0.1) is 6.61 Å². The number of halogens is 1. The van der Waals surface area contributed by atoms with Crippen LogP contribution < -0.4 is 29.6 Å². The molecule has 0 aliphatic carbocycles. The number of fused-ring (bicyclic) bond motifs is 2. The van der Waals surface area contributed by atoms with E-state index in [0.717, 1.165) is 33.4 Å². The van der Waals surface area contributed by atoms with Gasteiger partial charge in [0, 0.05) is 6.08 Å². The second kappa shape index (κ2) is 16.0. The Labute approximate surface area is 228 Å². The summed E-state index contributed by atoms with van der Waals surface area (Å²) in [5, 5.41) is 13.1. The summed E-state index contributed by atoms with van der Waals surface area (Å²) >= 11 is 4.71. The summed E-state index contributed by atoms with van der Waals surface area (Å²) in [6.45, 7) is 6.84. The van der Waals surface area contributed by atoms with Crippen LogP contribution in [0.15, 0.2) is 110 Å². The van der Waals surface area contributed by atoms with Crippen LogP contribution in [0.2, 0.25) is 0 Å². The molecule has 0 unspecified atom stereocenters. The molecule has 0 saturated heterocycles. The number of hydrogen-bond acceptors (Lipinski definition) is 4. The minimum Gasteiger partial charge on any atom is -1.00 e. The first-order valence-corrected chi connectivity index (χ1v) is 10.5. The molecule has 0 saturated carbocycles. The van der Waals surface area contributed by atoms with Gasteiger partial charge < -0.3 is 11.3 Å². The number of rotatable bonds is 5. The molecular weight excluding hydrogens is 459 g/mol. The number of hydrogen-bond donors (Lipinski definition) is 1. The number of carbonyl (C=O) groups excluding carboxylic acids is 2. The summed E-state index contributed by atoms with van der Waals surface area (Å²) in [7, 11) is 0. The Morgan fingerprint density at radius 2 is 1.24 bits per heavy atom. The summed E-state index contributed by atoms with van der Waals surface area (Å²) < 4.78 is 5.03. The molecule has 34 heavy (non-hydrogen) atoms. The molecule has 4 aromatic rings. The summed E-state index contributed by atoms with van der Waals surface area (Å²) in [5.74, 6) is -0.395. The van der Waals surface area contributed by atoms with Crippen molar-refractivity contribution in [2.24, 2.45) is 0 Å². The van der Waals surface area contributed by atoms with E-state index in [1.807, 2.05) is 72.8 Å². The first-order valence-electron chi connectivity index (χ1n) is 10.1. The molecule has 0 atom stereocenters. The molecule has 0 fully saturated rings. The average molecular weight is 485 g/mol. The molecule has 0 amide bonds. The fourth-order valence-corrected chi connectivity index (χ4v) is 3.06. The van der Waals surface area contributed by atoms with Crippen LogP contribution in [-0.2, 0) is 27.5 Å². The SMILES string of the molecule is C=CC(=O)Cl.C=CC(=O)OCc1cccc2ccccc12.OCc1cccc2ccccc12.[H-].[Na+]. The van der Waals surface area contributed by atoms with Crippen LogP contribution in [0.4, 0.5) is 0 Å². The van der Waals surface area contributed by atoms with Crippen LogP contribution in [0.1, 0.15) is 12.6 Å². The van der Waals surface area contributed by atoms with E-state index in [2.05, 4.69) is 25.3 Å². The van der Waals surface area contributed by atoms with Gasteiger partial charge in [0.25, 0.3) is 0 Å². The molecule has 0 bridgehead atoms. The normalized spacial score (nSPS) is 9.35. The predicted octanol–water partition coefficient (Wildman–Crippen LogP) is 3.46. The summed E-state index contributed by atoms with van der Waals surface area (Å²) in [6, 6.07) is 28.0. The van der Waals surface area contributed by atoms with Crippen LogP contribution in [0.25, 0.3) is 21.5 Å². The molecule has 4 nitrogen and oxygen atoms in total. The number of ether oxygens (including phenoxy) is 1. The maximum absolute atomic E-state index is 11.0. The van der Waals surface area contributed by atoms with E-state index in [1.54, 1.807) is 0 Å². The van der Waals surface area contributed by atoms with Crippen molar-refractivity contribution in [3.8, 4) is 0 Å². The molecule has 0 aromatic heterocycles. The number of carbonyl (C=O) groups is 2. The molecule has 170 valence electrons. The van der Waals surface area contributed by atoms with E-state index in [1.165, 1.54) is 11.5 Å². The molecular formula is C28H26ClNaO4. The van der Waals surface area contributed by atoms with Crippen LogP contribution in [0, 0.1) is 0 Å². The maximum Gasteiger partial charge on any atom is 1.00 e. The van der Waals surface area contributed by atoms with Gasteiger partial charge in [-0.1, -0.05) is 98.1 Å². The Morgan fingerprint density at radius 3 is 1.71 bits per heavy atom. The molecule has 0 spiro atoms. The van der Waals surface area contributed by atoms with E-state index >= 15 is 0 Å². The quantitative estimate of drug-likeness (QED) is 0.204. The molecule has 4 rings (SSSR count). The third-order valence-corrected chi connectivity index (χ3v) is 4.78. The first kappa shape index (κ1) is 29.3. The zero-order valence-electron chi connectivity index (χ0n) is 20.1. The number of allylic oxidation sites excluding steroid dienone is 1. The van der Waals surface area contributed by atoms with Crippen molar-refractivity contribution >= 4 is 44.4 Å². The molecule has 0 radical (unpaired) electrons. The first-order chi connectivity index (χ1) is 16.0. The minimum atomic E-state index is -0.509. The Balaban J connectivity index is 0.000000542. The van der Waals surface area contributed by atoms with Gasteiger partial charge in [-0.3, -0.25) is 4.79 Å². The Hall–Kier alpha value is -2.73. The van der Waals surface area contributed by atoms with Crippen molar-refractivity contribution in [1.29, 1.82) is 0 Å². The van der Waals surface area contributed by atoms with Crippen molar-refractivity contribution in [2.45, 2.75) is 13.2 Å². The number of aliphatic hydroxyl groups excluding tert-OH is 1. The summed E-state index contributed by atoms with van der Waals surface area (Å²) in [4.78, 5) is 20.4. The summed E-state index contributed by atoms with van der Waals surface area (Å²) in [5.41, 5.74) is 2.00. The molecule has 0 aliphatic rings. The van der Waals surface area contributed by atoms with Gasteiger partial charge in [-0.05, 0) is 50.3 Å². The van der Waals surface area contributed by atoms with Crippen molar-refractivity contribution < 1.29 is 50.4 Å². The second-order valence-corrected chi connectivity index (χ2v) is 7.13. The standard InChI is InChI=1S/C14H12O2.C11H10O.C3H3ClO.Na.H/c1-2-14(15)16-10-12-8-5-7-11-6-3-4-9-13(11)12;12-8-10-6-3-5-9-4-1-2-7-11(9)10;1-2-3(4)5;;/h2-9H,1,10H2;1-7,12H,8H2;2H,1H2;;/q;;;+1;-1. The molecule has 1 N–H and O–H groups in total. The van der Waals surface area contributed by atoms with Crippen LogP contribution >= 0.6 is 11.6 Å². The van der Waals surface area contributed by atoms with Crippen LogP contribution in [-0.4, -0.2) is 16.3 Å². The smallest absolute Gasteiger partial charge is 1.00 e. The van der Waals surface area contributed by atoms with Gasteiger partial charge in [-0.15, -0.1) is 0 Å². The largest absolute Gasteiger partial charge is 1.00 e. The van der Waals surface area contributed by atoms with E-state index in [4.69, 9.17) is 21.4 Å². The molecule has 0 aliphatic heterocycles. The fourth-order valence-electron chi connectivity index (χ4n) is 3.06. The van der Waals surface area contributed by atoms with Gasteiger partial charge in [0.15, 0.2) is 0 Å². The Kier molecular flexibility index (Phi) is 13.8. The van der Waals surface area contributed by atoms with E-state index in [9.17, 15) is 9.59 Å². The Bertz CT molecular complexity index is 1250. The van der Waals surface area contributed by atoms with Crippen LogP contribution in [0.3, 0.4) is 0 Å². The number of esters is 1. The zero-order valence-corrected chi connectivity index (χ0v) is 21.9. The van der Waals surface area contributed by atoms with E-state index < -0.39 is 11.2 Å². The van der Waals surface area contributed by atoms with Gasteiger partial charge in [-0.2, -0.15) is 0 Å². The van der Waals surface area contributed by atoms with Crippen molar-refractivity contribution in [3.05, 3.63) is 121 Å². The third-order valence-electron chi connectivity index (χ3n) is 4.63. The third kappa shape index (κ3) is 9.26. The molecule has 4 aromatic carbocycles. The van der Waals surface area contributed by atoms with Crippen molar-refractivity contribution in [1.82, 2.24) is 0 Å². The van der Waals surface area contributed by atoms with Gasteiger partial charge in [0.2, 0.25) is 5.24 Å². The molecule has 0 heterocycles. The topological polar surface area (TPSA) is 63.6 Å². The number of aliphatic hydroxyl groups is 1. The zero-order chi connectivity index (χ0) is 24.1. The fraction of sp³-hybridized carbons (Fsp3) is 0.0714. The Morgan fingerprint density at radius 1 is 0.794 bits per heavy atom. The number of benzene rings is 4. The average Bonchev–Trinajstić information content (AvgIpc) is 2.87. The predicted molar refractivity (Wildman–Crippen MR) is 136 cm³/mol.